The molecule has 0 radical (unpaired) electrons. The first-order chi connectivity index (χ1) is 12.3. The summed E-state index contributed by atoms with van der Waals surface area (Å²) in [7, 11) is 3.47. The van der Waals surface area contributed by atoms with Crippen molar-refractivity contribution in [3.63, 3.8) is 0 Å². The number of benzene rings is 4. The summed E-state index contributed by atoms with van der Waals surface area (Å²) in [5, 5.41) is 4.82. The molecule has 0 aliphatic rings. The van der Waals surface area contributed by atoms with Crippen molar-refractivity contribution in [3.05, 3.63) is 78.4 Å². The van der Waals surface area contributed by atoms with Crippen LogP contribution in [0.4, 0.5) is 0 Å². The van der Waals surface area contributed by atoms with E-state index < -0.39 is 0 Å². The Bertz CT molecular complexity index is 1050. The molecule has 0 spiro atoms. The summed E-state index contributed by atoms with van der Waals surface area (Å²) >= 11 is 0. The summed E-state index contributed by atoms with van der Waals surface area (Å²) in [4.78, 5) is 0. The Morgan fingerprint density at radius 1 is 0.640 bits per heavy atom. The molecular formula is C23H20O2. The van der Waals surface area contributed by atoms with Gasteiger partial charge in [0.1, 0.15) is 5.75 Å². The molecule has 0 heterocycles. The van der Waals surface area contributed by atoms with Crippen molar-refractivity contribution in [3.8, 4) is 16.9 Å². The Hall–Kier alpha value is -2.84. The first-order valence-electron chi connectivity index (χ1n) is 8.39. The molecule has 0 saturated carbocycles. The smallest absolute Gasteiger partial charge is 0.127 e. The summed E-state index contributed by atoms with van der Waals surface area (Å²) in [6, 6.07) is 25.4. The predicted octanol–water partition coefficient (Wildman–Crippen LogP) is 5.82. The highest BCUT2D eigenvalue weighted by Gasteiger charge is 2.17. The topological polar surface area (TPSA) is 18.5 Å². The maximum atomic E-state index is 5.75. The third-order valence-electron chi connectivity index (χ3n) is 4.68. The lowest BCUT2D eigenvalue weighted by Gasteiger charge is -2.18. The van der Waals surface area contributed by atoms with Crippen LogP contribution in [0, 0.1) is 0 Å². The fourth-order valence-corrected chi connectivity index (χ4v) is 3.57. The second-order valence-corrected chi connectivity index (χ2v) is 6.12. The maximum absolute atomic E-state index is 5.75. The second-order valence-electron chi connectivity index (χ2n) is 6.12. The van der Waals surface area contributed by atoms with E-state index in [9.17, 15) is 0 Å². The van der Waals surface area contributed by atoms with Crippen LogP contribution in [0.5, 0.6) is 5.75 Å². The quantitative estimate of drug-likeness (QED) is 0.470. The lowest BCUT2D eigenvalue weighted by Crippen LogP contribution is -1.97. The first-order valence-corrected chi connectivity index (χ1v) is 8.39. The zero-order valence-electron chi connectivity index (χ0n) is 14.5. The molecule has 0 aromatic heterocycles. The summed E-state index contributed by atoms with van der Waals surface area (Å²) in [6.07, 6.45) is 0. The minimum Gasteiger partial charge on any atom is -0.496 e. The molecule has 0 fully saturated rings. The number of rotatable bonds is 4. The highest BCUT2D eigenvalue weighted by atomic mass is 16.5. The van der Waals surface area contributed by atoms with E-state index >= 15 is 0 Å². The molecule has 0 atom stereocenters. The molecule has 0 N–H and O–H groups in total. The van der Waals surface area contributed by atoms with Gasteiger partial charge in [0.05, 0.1) is 13.7 Å². The van der Waals surface area contributed by atoms with Gasteiger partial charge in [0.15, 0.2) is 0 Å². The van der Waals surface area contributed by atoms with Crippen LogP contribution >= 0.6 is 0 Å². The number of ether oxygens (including phenoxy) is 2. The van der Waals surface area contributed by atoms with E-state index in [1.165, 1.54) is 27.1 Å². The van der Waals surface area contributed by atoms with Crippen LogP contribution in [-0.2, 0) is 11.3 Å². The first kappa shape index (κ1) is 15.7. The third-order valence-corrected chi connectivity index (χ3v) is 4.68. The van der Waals surface area contributed by atoms with Gasteiger partial charge in [-0.2, -0.15) is 0 Å². The van der Waals surface area contributed by atoms with Gasteiger partial charge in [-0.1, -0.05) is 66.7 Å². The van der Waals surface area contributed by atoms with Gasteiger partial charge in [-0.3, -0.25) is 0 Å². The van der Waals surface area contributed by atoms with Crippen molar-refractivity contribution in [2.24, 2.45) is 0 Å². The van der Waals surface area contributed by atoms with Gasteiger partial charge in [0, 0.05) is 12.7 Å². The number of hydrogen-bond donors (Lipinski definition) is 0. The van der Waals surface area contributed by atoms with E-state index in [1.807, 2.05) is 0 Å². The molecule has 0 amide bonds. The van der Waals surface area contributed by atoms with Gasteiger partial charge < -0.3 is 9.47 Å². The largest absolute Gasteiger partial charge is 0.496 e. The average molecular weight is 328 g/mol. The molecule has 124 valence electrons. The molecule has 0 bridgehead atoms. The Morgan fingerprint density at radius 2 is 1.24 bits per heavy atom. The summed E-state index contributed by atoms with van der Waals surface area (Å²) in [5.41, 5.74) is 3.48. The van der Waals surface area contributed by atoms with Crippen molar-refractivity contribution in [1.82, 2.24) is 0 Å². The minimum absolute atomic E-state index is 0.562. The normalized spacial score (nSPS) is 11.1. The van der Waals surface area contributed by atoms with E-state index in [4.69, 9.17) is 9.47 Å². The molecule has 0 saturated heterocycles. The molecule has 0 unspecified atom stereocenters. The lowest BCUT2D eigenvalue weighted by molar-refractivity contribution is 0.185. The van der Waals surface area contributed by atoms with Crippen LogP contribution in [0.2, 0.25) is 0 Å². The van der Waals surface area contributed by atoms with E-state index in [0.717, 1.165) is 16.9 Å². The van der Waals surface area contributed by atoms with Gasteiger partial charge in [0.2, 0.25) is 0 Å². The van der Waals surface area contributed by atoms with Crippen molar-refractivity contribution >= 4 is 21.5 Å². The molecule has 4 aromatic carbocycles. The van der Waals surface area contributed by atoms with Crippen molar-refractivity contribution in [2.75, 3.05) is 14.2 Å². The molecule has 0 aliphatic heterocycles. The second kappa shape index (κ2) is 6.58. The summed E-state index contributed by atoms with van der Waals surface area (Å²) in [6.45, 7) is 0.562. The molecular weight excluding hydrogens is 308 g/mol. The van der Waals surface area contributed by atoms with Gasteiger partial charge in [-0.15, -0.1) is 0 Å². The van der Waals surface area contributed by atoms with Crippen molar-refractivity contribution < 1.29 is 9.47 Å². The van der Waals surface area contributed by atoms with Crippen LogP contribution in [0.3, 0.4) is 0 Å². The molecule has 4 aromatic rings. The SMILES string of the molecule is COCc1ccc2ccccc2c1-c1c(OC)ccc2ccccc12. The molecule has 25 heavy (non-hydrogen) atoms. The van der Waals surface area contributed by atoms with Crippen molar-refractivity contribution in [1.29, 1.82) is 0 Å². The highest BCUT2D eigenvalue weighted by Crippen LogP contribution is 2.42. The monoisotopic (exact) mass is 328 g/mol. The Morgan fingerprint density at radius 3 is 1.88 bits per heavy atom. The van der Waals surface area contributed by atoms with E-state index in [1.54, 1.807) is 14.2 Å². The van der Waals surface area contributed by atoms with Gasteiger partial charge >= 0.3 is 0 Å². The van der Waals surface area contributed by atoms with E-state index in [2.05, 4.69) is 72.8 Å². The van der Waals surface area contributed by atoms with Crippen LogP contribution in [-0.4, -0.2) is 14.2 Å². The van der Waals surface area contributed by atoms with Crippen LogP contribution < -0.4 is 4.74 Å². The zero-order valence-corrected chi connectivity index (χ0v) is 14.5. The summed E-state index contributed by atoms with van der Waals surface area (Å²) < 4.78 is 11.2. The molecule has 2 heteroatoms. The maximum Gasteiger partial charge on any atom is 0.127 e. The number of methoxy groups -OCH3 is 2. The molecule has 4 rings (SSSR count). The fraction of sp³-hybridized carbons (Fsp3) is 0.130. The van der Waals surface area contributed by atoms with E-state index in [-0.39, 0.29) is 0 Å². The Kier molecular flexibility index (Phi) is 4.12. The highest BCUT2D eigenvalue weighted by molar-refractivity contribution is 6.08. The lowest BCUT2D eigenvalue weighted by atomic mass is 9.89. The Labute approximate surface area is 147 Å². The standard InChI is InChI=1S/C23H20O2/c1-24-15-18-12-11-16-7-3-5-9-19(16)22(18)23-20-10-6-4-8-17(20)13-14-21(23)25-2/h3-14H,15H2,1-2H3. The molecule has 2 nitrogen and oxygen atoms in total. The number of hydrogen-bond acceptors (Lipinski definition) is 2. The van der Waals surface area contributed by atoms with Gasteiger partial charge in [-0.05, 0) is 38.7 Å². The zero-order chi connectivity index (χ0) is 17.2. The van der Waals surface area contributed by atoms with E-state index in [0.29, 0.717) is 6.61 Å². The van der Waals surface area contributed by atoms with Crippen LogP contribution in [0.25, 0.3) is 32.7 Å². The van der Waals surface area contributed by atoms with Crippen LogP contribution in [0.1, 0.15) is 5.56 Å². The van der Waals surface area contributed by atoms with Crippen molar-refractivity contribution in [2.45, 2.75) is 6.61 Å². The van der Waals surface area contributed by atoms with Crippen LogP contribution in [0.15, 0.2) is 72.8 Å². The number of fused-ring (bicyclic) bond motifs is 2. The third kappa shape index (κ3) is 2.65. The van der Waals surface area contributed by atoms with Gasteiger partial charge in [0.25, 0.3) is 0 Å². The summed E-state index contributed by atoms with van der Waals surface area (Å²) in [5.74, 6) is 0.882. The minimum atomic E-state index is 0.562. The predicted molar refractivity (Wildman–Crippen MR) is 104 cm³/mol. The molecule has 0 aliphatic carbocycles. The Balaban J connectivity index is 2.17. The fourth-order valence-electron chi connectivity index (χ4n) is 3.57. The van der Waals surface area contributed by atoms with Gasteiger partial charge in [-0.25, -0.2) is 0 Å². The average Bonchev–Trinajstić information content (AvgIpc) is 2.67.